The molecule has 0 amide bonds. The quantitative estimate of drug-likeness (QED) is 0.856. The summed E-state index contributed by atoms with van der Waals surface area (Å²) >= 11 is 0. The number of rotatable bonds is 3. The topological polar surface area (TPSA) is 32.3 Å². The van der Waals surface area contributed by atoms with Gasteiger partial charge in [0.2, 0.25) is 0 Å². The molecule has 1 saturated carbocycles. The molecule has 0 spiro atoms. The van der Waals surface area contributed by atoms with E-state index in [9.17, 15) is 18.3 Å². The van der Waals surface area contributed by atoms with Crippen molar-refractivity contribution >= 4 is 5.69 Å². The predicted molar refractivity (Wildman–Crippen MR) is 58.7 cm³/mol. The van der Waals surface area contributed by atoms with Gasteiger partial charge in [-0.1, -0.05) is 18.2 Å². The third-order valence-corrected chi connectivity index (χ3v) is 3.03. The average molecular weight is 245 g/mol. The van der Waals surface area contributed by atoms with Crippen molar-refractivity contribution in [3.05, 3.63) is 29.8 Å². The van der Waals surface area contributed by atoms with Crippen molar-refractivity contribution in [2.75, 3.05) is 5.32 Å². The predicted octanol–water partition coefficient (Wildman–Crippen LogP) is 3.25. The number of benzene rings is 1. The maximum absolute atomic E-state index is 12.5. The average Bonchev–Trinajstić information content (AvgIpc) is 2.22. The van der Waals surface area contributed by atoms with Crippen molar-refractivity contribution in [2.45, 2.75) is 37.6 Å². The number of anilines is 1. The van der Waals surface area contributed by atoms with E-state index in [-0.39, 0.29) is 11.6 Å². The number of aliphatic hydroxyl groups excluding tert-OH is 1. The van der Waals surface area contributed by atoms with Gasteiger partial charge in [0, 0.05) is 17.3 Å². The first kappa shape index (κ1) is 12.2. The van der Waals surface area contributed by atoms with E-state index in [1.165, 1.54) is 12.1 Å². The summed E-state index contributed by atoms with van der Waals surface area (Å²) in [6.07, 6.45) is -4.02. The summed E-state index contributed by atoms with van der Waals surface area (Å²) in [5.41, 5.74) is 0.272. The first-order valence-corrected chi connectivity index (χ1v) is 5.59. The van der Waals surface area contributed by atoms with Crippen molar-refractivity contribution in [1.29, 1.82) is 0 Å². The molecule has 94 valence electrons. The van der Waals surface area contributed by atoms with Crippen LogP contribution in [-0.4, -0.2) is 17.3 Å². The van der Waals surface area contributed by atoms with Crippen LogP contribution in [0.4, 0.5) is 18.9 Å². The van der Waals surface area contributed by atoms with Gasteiger partial charge in [0.1, 0.15) is 0 Å². The van der Waals surface area contributed by atoms with E-state index in [0.29, 0.717) is 5.69 Å². The number of para-hydroxylation sites is 1. The van der Waals surface area contributed by atoms with Crippen molar-refractivity contribution in [1.82, 2.24) is 0 Å². The molecule has 0 saturated heterocycles. The van der Waals surface area contributed by atoms with Crippen molar-refractivity contribution < 1.29 is 18.3 Å². The second kappa shape index (κ2) is 4.56. The van der Waals surface area contributed by atoms with Crippen LogP contribution in [0.3, 0.4) is 0 Å². The standard InChI is InChI=1S/C12H14F3NO/c13-12(14,15)11(17)9-6-1-2-7-10(9)16-8-4-3-5-8/h1-2,6-8,11,16-17H,3-5H2. The molecule has 1 aromatic carbocycles. The molecule has 1 aromatic rings. The number of nitrogens with one attached hydrogen (secondary N) is 1. The van der Waals surface area contributed by atoms with Gasteiger partial charge < -0.3 is 10.4 Å². The summed E-state index contributed by atoms with van der Waals surface area (Å²) < 4.78 is 37.4. The number of halogens is 3. The van der Waals surface area contributed by atoms with Gasteiger partial charge in [-0.25, -0.2) is 0 Å². The molecule has 2 nitrogen and oxygen atoms in total. The molecule has 0 radical (unpaired) electrons. The van der Waals surface area contributed by atoms with E-state index in [2.05, 4.69) is 5.32 Å². The molecule has 2 N–H and O–H groups in total. The smallest absolute Gasteiger partial charge is 0.382 e. The lowest BCUT2D eigenvalue weighted by molar-refractivity contribution is -0.206. The normalized spacial score (nSPS) is 18.6. The number of hydrogen-bond acceptors (Lipinski definition) is 2. The zero-order valence-electron chi connectivity index (χ0n) is 9.17. The Morgan fingerprint density at radius 3 is 2.41 bits per heavy atom. The van der Waals surface area contributed by atoms with Crippen LogP contribution >= 0.6 is 0 Å². The fraction of sp³-hybridized carbons (Fsp3) is 0.500. The van der Waals surface area contributed by atoms with Crippen LogP contribution in [0.2, 0.25) is 0 Å². The Morgan fingerprint density at radius 2 is 1.88 bits per heavy atom. The van der Waals surface area contributed by atoms with Gasteiger partial charge >= 0.3 is 6.18 Å². The highest BCUT2D eigenvalue weighted by molar-refractivity contribution is 5.53. The summed E-state index contributed by atoms with van der Waals surface area (Å²) in [4.78, 5) is 0. The van der Waals surface area contributed by atoms with Crippen LogP contribution in [0.5, 0.6) is 0 Å². The van der Waals surface area contributed by atoms with E-state index < -0.39 is 12.3 Å². The Hall–Kier alpha value is -1.23. The van der Waals surface area contributed by atoms with Crippen molar-refractivity contribution in [2.24, 2.45) is 0 Å². The Morgan fingerprint density at radius 1 is 1.24 bits per heavy atom. The van der Waals surface area contributed by atoms with Crippen LogP contribution in [0.15, 0.2) is 24.3 Å². The summed E-state index contributed by atoms with van der Waals surface area (Å²) in [6.45, 7) is 0. The minimum atomic E-state index is -4.63. The summed E-state index contributed by atoms with van der Waals surface area (Å²) in [6, 6.07) is 6.27. The zero-order valence-corrected chi connectivity index (χ0v) is 9.17. The molecule has 5 heteroatoms. The van der Waals surface area contributed by atoms with Crippen LogP contribution in [0.25, 0.3) is 0 Å². The van der Waals surface area contributed by atoms with E-state index in [1.807, 2.05) is 0 Å². The molecule has 1 aliphatic rings. The van der Waals surface area contributed by atoms with Gasteiger partial charge in [0.15, 0.2) is 6.10 Å². The third-order valence-electron chi connectivity index (χ3n) is 3.03. The molecule has 1 aliphatic carbocycles. The second-order valence-electron chi connectivity index (χ2n) is 4.30. The van der Waals surface area contributed by atoms with E-state index >= 15 is 0 Å². The minimum absolute atomic E-state index is 0.105. The lowest BCUT2D eigenvalue weighted by Crippen LogP contribution is -2.29. The molecule has 0 bridgehead atoms. The Kier molecular flexibility index (Phi) is 3.28. The summed E-state index contributed by atoms with van der Waals surface area (Å²) in [5.74, 6) is 0. The van der Waals surface area contributed by atoms with Gasteiger partial charge in [0.25, 0.3) is 0 Å². The largest absolute Gasteiger partial charge is 0.418 e. The van der Waals surface area contributed by atoms with Gasteiger partial charge in [-0.2, -0.15) is 13.2 Å². The highest BCUT2D eigenvalue weighted by Crippen LogP contribution is 2.37. The fourth-order valence-corrected chi connectivity index (χ4v) is 1.82. The van der Waals surface area contributed by atoms with Gasteiger partial charge in [0.05, 0.1) is 0 Å². The lowest BCUT2D eigenvalue weighted by atomic mass is 9.92. The Balaban J connectivity index is 2.20. The maximum atomic E-state index is 12.5. The van der Waals surface area contributed by atoms with Crippen molar-refractivity contribution in [3.8, 4) is 0 Å². The molecule has 0 heterocycles. The maximum Gasteiger partial charge on any atom is 0.418 e. The zero-order chi connectivity index (χ0) is 12.5. The summed E-state index contributed by atoms with van der Waals surface area (Å²) in [7, 11) is 0. The Labute approximate surface area is 97.5 Å². The molecule has 1 atom stereocenters. The van der Waals surface area contributed by atoms with E-state index in [1.54, 1.807) is 12.1 Å². The minimum Gasteiger partial charge on any atom is -0.382 e. The SMILES string of the molecule is OC(c1ccccc1NC1CCC1)C(F)(F)F. The van der Waals surface area contributed by atoms with Gasteiger partial charge in [-0.05, 0) is 25.3 Å². The first-order chi connectivity index (χ1) is 7.98. The van der Waals surface area contributed by atoms with Crippen LogP contribution in [0, 0.1) is 0 Å². The molecule has 2 rings (SSSR count). The van der Waals surface area contributed by atoms with Crippen LogP contribution in [0.1, 0.15) is 30.9 Å². The lowest BCUT2D eigenvalue weighted by Gasteiger charge is -2.29. The molecule has 1 fully saturated rings. The molecular formula is C12H14F3NO. The van der Waals surface area contributed by atoms with E-state index in [4.69, 9.17) is 0 Å². The first-order valence-electron chi connectivity index (χ1n) is 5.59. The Bertz CT molecular complexity index is 388. The number of aliphatic hydroxyl groups is 1. The molecule has 1 unspecified atom stereocenters. The molecular weight excluding hydrogens is 231 g/mol. The highest BCUT2D eigenvalue weighted by atomic mass is 19.4. The van der Waals surface area contributed by atoms with Gasteiger partial charge in [-0.15, -0.1) is 0 Å². The van der Waals surface area contributed by atoms with Gasteiger partial charge in [-0.3, -0.25) is 0 Å². The van der Waals surface area contributed by atoms with E-state index in [0.717, 1.165) is 19.3 Å². The number of hydrogen-bond donors (Lipinski definition) is 2. The molecule has 0 aliphatic heterocycles. The third kappa shape index (κ3) is 2.72. The van der Waals surface area contributed by atoms with Crippen LogP contribution < -0.4 is 5.32 Å². The molecule has 0 aromatic heterocycles. The summed E-state index contributed by atoms with van der Waals surface area (Å²) in [5, 5.41) is 12.3. The second-order valence-corrected chi connectivity index (χ2v) is 4.30. The fourth-order valence-electron chi connectivity index (χ4n) is 1.82. The monoisotopic (exact) mass is 245 g/mol. The van der Waals surface area contributed by atoms with Crippen LogP contribution in [-0.2, 0) is 0 Å². The highest BCUT2D eigenvalue weighted by Gasteiger charge is 2.40. The number of alkyl halides is 3. The van der Waals surface area contributed by atoms with Crippen molar-refractivity contribution in [3.63, 3.8) is 0 Å². The molecule has 17 heavy (non-hydrogen) atoms.